The summed E-state index contributed by atoms with van der Waals surface area (Å²) in [4.78, 5) is 41.4. The number of benzene rings is 4. The number of aliphatic hydroxyl groups is 1. The van der Waals surface area contributed by atoms with Crippen molar-refractivity contribution in [2.75, 3.05) is 12.9 Å². The molecular weight excluding hydrogens is 707 g/mol. The zero-order valence-electron chi connectivity index (χ0n) is 29.6. The molecule has 1 fully saturated rings. The number of carboxylic acids is 1. The number of methoxy groups -OCH3 is 1. The topological polar surface area (TPSA) is 156 Å². The third-order valence-electron chi connectivity index (χ3n) is 8.97. The Morgan fingerprint density at radius 1 is 0.852 bits per heavy atom. The Labute approximate surface area is 317 Å². The number of esters is 1. The van der Waals surface area contributed by atoms with Crippen LogP contribution in [0.25, 0.3) is 11.1 Å². The Morgan fingerprint density at radius 2 is 1.59 bits per heavy atom. The molecule has 1 aliphatic heterocycles. The van der Waals surface area contributed by atoms with Crippen LogP contribution in [0.2, 0.25) is 0 Å². The van der Waals surface area contributed by atoms with E-state index in [1.54, 1.807) is 12.3 Å². The van der Waals surface area contributed by atoms with Gasteiger partial charge in [-0.2, -0.15) is 0 Å². The van der Waals surface area contributed by atoms with Crippen molar-refractivity contribution in [3.05, 3.63) is 155 Å². The summed E-state index contributed by atoms with van der Waals surface area (Å²) in [6.45, 7) is 0.165. The fourth-order valence-corrected chi connectivity index (χ4v) is 7.17. The Bertz CT molecular complexity index is 2050. The Kier molecular flexibility index (Phi) is 13.1. The highest BCUT2D eigenvalue weighted by Crippen LogP contribution is 2.40. The second-order valence-corrected chi connectivity index (χ2v) is 13.7. The third kappa shape index (κ3) is 10.1. The number of urea groups is 1. The Balaban J connectivity index is 1.15. The molecule has 2 amide bonds. The quantitative estimate of drug-likeness (QED) is 0.0699. The number of nitrogens with zero attached hydrogens (tertiary/aromatic N) is 1. The first-order valence-electron chi connectivity index (χ1n) is 17.5. The van der Waals surface area contributed by atoms with Crippen LogP contribution in [0.3, 0.4) is 0 Å². The number of rotatable bonds is 14. The summed E-state index contributed by atoms with van der Waals surface area (Å²) in [7, 11) is 1.29. The number of hydrogen-bond donors (Lipinski definition) is 4. The van der Waals surface area contributed by atoms with E-state index >= 15 is 0 Å². The lowest BCUT2D eigenvalue weighted by Gasteiger charge is -2.36. The predicted octanol–water partition coefficient (Wildman–Crippen LogP) is 6.86. The van der Waals surface area contributed by atoms with E-state index in [2.05, 4.69) is 15.6 Å². The monoisotopic (exact) mass is 747 g/mol. The number of ether oxygens (including phenoxy) is 3. The van der Waals surface area contributed by atoms with E-state index < -0.39 is 30.3 Å². The standard InChI is InChI=1S/C42H41N3O8S/c1-51-40(49)36(21-27-8-3-2-4-9-27)45-42(50)44-24-29-10-5-11-31(20-29)32-12-6-13-33(22-32)41-52-34(26-54-38-35(39(47)48)14-7-19-43-38)23-37(53-41)30-17-15-28(25-46)16-18-30/h2-20,22,34,36-37,41,46H,21,23-26H2,1H3,(H,47,48)(H2,44,45,50)/t34-,36+,37+,41+/m1/s1. The number of carbonyl (C=O) groups excluding carboxylic acids is 2. The summed E-state index contributed by atoms with van der Waals surface area (Å²) in [6, 6.07) is 34.5. The first-order valence-corrected chi connectivity index (χ1v) is 18.4. The minimum atomic E-state index is -1.04. The van der Waals surface area contributed by atoms with Gasteiger partial charge in [-0.1, -0.05) is 91.0 Å². The lowest BCUT2D eigenvalue weighted by molar-refractivity contribution is -0.245. The van der Waals surface area contributed by atoms with Crippen LogP contribution < -0.4 is 10.6 Å². The van der Waals surface area contributed by atoms with E-state index in [0.717, 1.165) is 38.9 Å². The molecule has 1 aromatic heterocycles. The van der Waals surface area contributed by atoms with Crippen LogP contribution in [0.15, 0.2) is 126 Å². The van der Waals surface area contributed by atoms with Crippen molar-refractivity contribution in [3.8, 4) is 11.1 Å². The van der Waals surface area contributed by atoms with Gasteiger partial charge in [-0.3, -0.25) is 0 Å². The largest absolute Gasteiger partial charge is 0.478 e. The van der Waals surface area contributed by atoms with E-state index in [1.807, 2.05) is 103 Å². The number of nitrogens with one attached hydrogen (secondary N) is 2. The first-order chi connectivity index (χ1) is 26.3. The van der Waals surface area contributed by atoms with Crippen LogP contribution in [-0.2, 0) is 38.6 Å². The van der Waals surface area contributed by atoms with Gasteiger partial charge in [0.1, 0.15) is 11.1 Å². The van der Waals surface area contributed by atoms with Gasteiger partial charge < -0.3 is 35.1 Å². The fraction of sp³-hybridized carbons (Fsp3) is 0.238. The van der Waals surface area contributed by atoms with E-state index in [9.17, 15) is 24.6 Å². The van der Waals surface area contributed by atoms with Crippen molar-refractivity contribution in [1.29, 1.82) is 0 Å². The molecule has 54 heavy (non-hydrogen) atoms. The molecule has 1 aliphatic rings. The average molecular weight is 748 g/mol. The van der Waals surface area contributed by atoms with Crippen LogP contribution in [0.4, 0.5) is 4.79 Å². The molecule has 278 valence electrons. The molecule has 11 nitrogen and oxygen atoms in total. The Hall–Kier alpha value is -5.53. The van der Waals surface area contributed by atoms with Crippen molar-refractivity contribution in [3.63, 3.8) is 0 Å². The molecule has 1 saturated heterocycles. The number of pyridine rings is 1. The number of thioether (sulfide) groups is 1. The minimum Gasteiger partial charge on any atom is -0.478 e. The van der Waals surface area contributed by atoms with Gasteiger partial charge in [0.15, 0.2) is 6.29 Å². The first kappa shape index (κ1) is 38.2. The molecule has 4 atom stereocenters. The van der Waals surface area contributed by atoms with Crippen LogP contribution in [0.5, 0.6) is 0 Å². The zero-order valence-corrected chi connectivity index (χ0v) is 30.4. The molecule has 0 spiro atoms. The summed E-state index contributed by atoms with van der Waals surface area (Å²) in [6.07, 6.45) is 1.07. The maximum Gasteiger partial charge on any atom is 0.338 e. The van der Waals surface area contributed by atoms with E-state index in [4.69, 9.17) is 14.2 Å². The fourth-order valence-electron chi connectivity index (χ4n) is 6.17. The smallest absolute Gasteiger partial charge is 0.338 e. The molecule has 2 heterocycles. The lowest BCUT2D eigenvalue weighted by atomic mass is 9.99. The highest BCUT2D eigenvalue weighted by Gasteiger charge is 2.33. The zero-order chi connectivity index (χ0) is 37.9. The maximum absolute atomic E-state index is 12.9. The number of aromatic nitrogens is 1. The molecule has 6 rings (SSSR count). The average Bonchev–Trinajstić information content (AvgIpc) is 3.22. The number of aliphatic hydroxyl groups excluding tert-OH is 1. The summed E-state index contributed by atoms with van der Waals surface area (Å²) in [5, 5.41) is 25.2. The maximum atomic E-state index is 12.9. The summed E-state index contributed by atoms with van der Waals surface area (Å²) < 4.78 is 18.0. The van der Waals surface area contributed by atoms with E-state index in [1.165, 1.54) is 24.9 Å². The van der Waals surface area contributed by atoms with E-state index in [0.29, 0.717) is 23.6 Å². The number of hydrogen-bond acceptors (Lipinski definition) is 9. The van der Waals surface area contributed by atoms with Crippen LogP contribution in [0.1, 0.15) is 57.0 Å². The molecular formula is C42H41N3O8S. The lowest BCUT2D eigenvalue weighted by Crippen LogP contribution is -2.47. The number of carboxylic acid groups (broad SMARTS) is 1. The van der Waals surface area contributed by atoms with Crippen LogP contribution in [-0.4, -0.2) is 58.2 Å². The van der Waals surface area contributed by atoms with Gasteiger partial charge >= 0.3 is 18.0 Å². The van der Waals surface area contributed by atoms with Gasteiger partial charge in [-0.15, -0.1) is 11.8 Å². The van der Waals surface area contributed by atoms with Crippen LogP contribution >= 0.6 is 11.8 Å². The van der Waals surface area contributed by atoms with Crippen molar-refractivity contribution >= 4 is 29.7 Å². The van der Waals surface area contributed by atoms with Gasteiger partial charge in [0.05, 0.1) is 31.5 Å². The summed E-state index contributed by atoms with van der Waals surface area (Å²) >= 11 is 1.33. The van der Waals surface area contributed by atoms with Gasteiger partial charge in [-0.05, 0) is 57.6 Å². The molecule has 0 saturated carbocycles. The molecule has 0 bridgehead atoms. The van der Waals surface area contributed by atoms with Crippen molar-refractivity contribution in [2.45, 2.75) is 55.6 Å². The minimum absolute atomic E-state index is 0.0609. The molecule has 5 aromatic rings. The van der Waals surface area contributed by atoms with Gasteiger partial charge in [0, 0.05) is 36.9 Å². The highest BCUT2D eigenvalue weighted by atomic mass is 32.2. The molecule has 0 aliphatic carbocycles. The van der Waals surface area contributed by atoms with Crippen LogP contribution in [0, 0.1) is 0 Å². The van der Waals surface area contributed by atoms with Gasteiger partial charge in [0.2, 0.25) is 0 Å². The third-order valence-corrected chi connectivity index (χ3v) is 10.1. The molecule has 4 N–H and O–H groups in total. The van der Waals surface area contributed by atoms with Gasteiger partial charge in [0.25, 0.3) is 0 Å². The predicted molar refractivity (Wildman–Crippen MR) is 204 cm³/mol. The van der Waals surface area contributed by atoms with Crippen molar-refractivity contribution in [2.24, 2.45) is 0 Å². The molecule has 0 unspecified atom stereocenters. The summed E-state index contributed by atoms with van der Waals surface area (Å²) in [5.41, 5.74) is 6.27. The Morgan fingerprint density at radius 3 is 2.33 bits per heavy atom. The number of carbonyl (C=O) groups is 3. The molecule has 12 heteroatoms. The number of aromatic carboxylic acids is 1. The SMILES string of the molecule is COC(=O)[C@H](Cc1ccccc1)NC(=O)NCc1cccc(-c2cccc([C@H]3O[C@@H](CSc4ncccc4C(=O)O)C[C@@H](c4ccc(CO)cc4)O3)c2)c1. The second-order valence-electron chi connectivity index (χ2n) is 12.7. The molecule has 0 radical (unpaired) electrons. The summed E-state index contributed by atoms with van der Waals surface area (Å²) in [5.74, 6) is -1.11. The van der Waals surface area contributed by atoms with E-state index in [-0.39, 0.29) is 30.9 Å². The number of amides is 2. The van der Waals surface area contributed by atoms with Crippen molar-refractivity contribution < 1.29 is 38.8 Å². The normalized spacial score (nSPS) is 17.3. The van der Waals surface area contributed by atoms with Gasteiger partial charge in [-0.25, -0.2) is 19.4 Å². The second kappa shape index (κ2) is 18.5. The highest BCUT2D eigenvalue weighted by molar-refractivity contribution is 7.99. The molecule has 4 aromatic carbocycles. The van der Waals surface area contributed by atoms with Crippen molar-refractivity contribution in [1.82, 2.24) is 15.6 Å².